The number of alkyl halides is 3. The van der Waals surface area contributed by atoms with Gasteiger partial charge >= 0.3 is 6.18 Å². The van der Waals surface area contributed by atoms with Crippen molar-refractivity contribution < 1.29 is 22.4 Å². The number of hydrogen-bond donors (Lipinski definition) is 1. The van der Waals surface area contributed by atoms with Gasteiger partial charge in [0, 0.05) is 6.04 Å². The molecule has 1 aromatic rings. The van der Waals surface area contributed by atoms with Gasteiger partial charge in [-0.25, -0.2) is 4.39 Å². The highest BCUT2D eigenvalue weighted by atomic mass is 19.4. The van der Waals surface area contributed by atoms with Crippen molar-refractivity contribution in [1.29, 1.82) is 0 Å². The zero-order chi connectivity index (χ0) is 14.2. The number of nitrogens with one attached hydrogen (secondary N) is 1. The topological polar surface area (TPSA) is 29.1 Å². The third-order valence-corrected chi connectivity index (χ3v) is 3.24. The van der Waals surface area contributed by atoms with Crippen LogP contribution in [0.3, 0.4) is 0 Å². The van der Waals surface area contributed by atoms with Crippen LogP contribution in [0.2, 0.25) is 0 Å². The molecule has 1 aromatic carbocycles. The van der Waals surface area contributed by atoms with Crippen molar-refractivity contribution in [2.45, 2.75) is 32.0 Å². The fraction of sp³-hybridized carbons (Fsp3) is 0.462. The summed E-state index contributed by atoms with van der Waals surface area (Å²) in [5.41, 5.74) is -1.98. The number of carbonyl (C=O) groups excluding carboxylic acids is 1. The minimum absolute atomic E-state index is 0.151. The summed E-state index contributed by atoms with van der Waals surface area (Å²) in [5, 5.41) is 2.53. The van der Waals surface area contributed by atoms with E-state index in [2.05, 4.69) is 5.32 Å². The molecular formula is C13H13F4NO. The smallest absolute Gasteiger partial charge is 0.349 e. The van der Waals surface area contributed by atoms with Crippen LogP contribution in [0.15, 0.2) is 18.2 Å². The van der Waals surface area contributed by atoms with Gasteiger partial charge in [0.25, 0.3) is 5.91 Å². The van der Waals surface area contributed by atoms with E-state index < -0.39 is 29.0 Å². The normalized spacial score (nSPS) is 17.1. The molecule has 1 aliphatic carbocycles. The van der Waals surface area contributed by atoms with Gasteiger partial charge in [-0.15, -0.1) is 0 Å². The summed E-state index contributed by atoms with van der Waals surface area (Å²) in [6.45, 7) is 1.76. The second-order valence-electron chi connectivity index (χ2n) is 4.76. The fourth-order valence-corrected chi connectivity index (χ4v) is 1.92. The van der Waals surface area contributed by atoms with Crippen LogP contribution in [0, 0.1) is 11.7 Å². The molecule has 0 saturated heterocycles. The largest absolute Gasteiger partial charge is 0.419 e. The molecule has 0 radical (unpaired) electrons. The predicted molar refractivity (Wildman–Crippen MR) is 61.1 cm³/mol. The molecule has 1 fully saturated rings. The molecule has 2 rings (SSSR count). The van der Waals surface area contributed by atoms with Crippen molar-refractivity contribution in [3.63, 3.8) is 0 Å². The van der Waals surface area contributed by atoms with Crippen molar-refractivity contribution in [2.75, 3.05) is 0 Å². The Bertz CT molecular complexity index is 494. The minimum Gasteiger partial charge on any atom is -0.349 e. The van der Waals surface area contributed by atoms with Crippen LogP contribution in [-0.4, -0.2) is 11.9 Å². The Kier molecular flexibility index (Phi) is 3.52. The summed E-state index contributed by atoms with van der Waals surface area (Å²) in [6, 6.07) is 2.56. The van der Waals surface area contributed by atoms with Gasteiger partial charge in [0.05, 0.1) is 11.1 Å². The number of hydrogen-bond acceptors (Lipinski definition) is 1. The molecular weight excluding hydrogens is 262 g/mol. The van der Waals surface area contributed by atoms with E-state index in [0.29, 0.717) is 12.0 Å². The monoisotopic (exact) mass is 275 g/mol. The standard InChI is InChI=1S/C13H13F4NO/c1-7(8-5-6-8)18-12(19)9-3-2-4-10(11(9)14)13(15,16)17/h2-4,7-8H,5-6H2,1H3,(H,18,19). The maximum atomic E-state index is 13.7. The number of benzene rings is 1. The first-order valence-corrected chi connectivity index (χ1v) is 5.97. The first-order valence-electron chi connectivity index (χ1n) is 5.97. The van der Waals surface area contributed by atoms with E-state index in [1.165, 1.54) is 0 Å². The van der Waals surface area contributed by atoms with E-state index in [1.54, 1.807) is 6.92 Å². The zero-order valence-corrected chi connectivity index (χ0v) is 10.2. The summed E-state index contributed by atoms with van der Waals surface area (Å²) in [5.74, 6) is -1.98. The zero-order valence-electron chi connectivity index (χ0n) is 10.2. The Labute approximate surface area is 107 Å². The van der Waals surface area contributed by atoms with Crippen molar-refractivity contribution in [3.05, 3.63) is 35.1 Å². The molecule has 0 aromatic heterocycles. The fourth-order valence-electron chi connectivity index (χ4n) is 1.92. The highest BCUT2D eigenvalue weighted by Crippen LogP contribution is 2.34. The van der Waals surface area contributed by atoms with E-state index >= 15 is 0 Å². The lowest BCUT2D eigenvalue weighted by Crippen LogP contribution is -2.34. The molecule has 19 heavy (non-hydrogen) atoms. The first-order chi connectivity index (χ1) is 8.80. The lowest BCUT2D eigenvalue weighted by Gasteiger charge is -2.15. The van der Waals surface area contributed by atoms with Crippen molar-refractivity contribution in [1.82, 2.24) is 5.32 Å². The average Bonchev–Trinajstić information content (AvgIpc) is 3.10. The Balaban J connectivity index is 2.22. The molecule has 1 unspecified atom stereocenters. The highest BCUT2D eigenvalue weighted by Gasteiger charge is 2.36. The number of halogens is 4. The van der Waals surface area contributed by atoms with Crippen LogP contribution < -0.4 is 5.32 Å². The van der Waals surface area contributed by atoms with Gasteiger partial charge in [0.2, 0.25) is 0 Å². The molecule has 1 N–H and O–H groups in total. The lowest BCUT2D eigenvalue weighted by molar-refractivity contribution is -0.140. The van der Waals surface area contributed by atoms with Gasteiger partial charge in [-0.2, -0.15) is 13.2 Å². The van der Waals surface area contributed by atoms with E-state index in [9.17, 15) is 22.4 Å². The number of carbonyl (C=O) groups is 1. The molecule has 0 bridgehead atoms. The van der Waals surface area contributed by atoms with E-state index in [4.69, 9.17) is 0 Å². The van der Waals surface area contributed by atoms with Crippen molar-refractivity contribution in [3.8, 4) is 0 Å². The second-order valence-corrected chi connectivity index (χ2v) is 4.76. The van der Waals surface area contributed by atoms with Gasteiger partial charge in [0.15, 0.2) is 0 Å². The highest BCUT2D eigenvalue weighted by molar-refractivity contribution is 5.94. The third kappa shape index (κ3) is 3.05. The maximum Gasteiger partial charge on any atom is 0.419 e. The van der Waals surface area contributed by atoms with Gasteiger partial charge in [-0.3, -0.25) is 4.79 Å². The Morgan fingerprint density at radius 3 is 2.53 bits per heavy atom. The van der Waals surface area contributed by atoms with E-state index in [1.807, 2.05) is 0 Å². The molecule has 0 heterocycles. The van der Waals surface area contributed by atoms with Crippen LogP contribution in [0.5, 0.6) is 0 Å². The van der Waals surface area contributed by atoms with Gasteiger partial charge in [-0.05, 0) is 37.8 Å². The molecule has 1 aliphatic rings. The summed E-state index contributed by atoms with van der Waals surface area (Å²) >= 11 is 0. The summed E-state index contributed by atoms with van der Waals surface area (Å²) in [4.78, 5) is 11.8. The van der Waals surface area contributed by atoms with Crippen LogP contribution in [-0.2, 0) is 6.18 Å². The lowest BCUT2D eigenvalue weighted by atomic mass is 10.1. The van der Waals surface area contributed by atoms with Crippen LogP contribution >= 0.6 is 0 Å². The molecule has 1 atom stereocenters. The van der Waals surface area contributed by atoms with Crippen LogP contribution in [0.4, 0.5) is 17.6 Å². The second kappa shape index (κ2) is 4.83. The van der Waals surface area contributed by atoms with Crippen LogP contribution in [0.1, 0.15) is 35.7 Å². The maximum absolute atomic E-state index is 13.7. The van der Waals surface area contributed by atoms with E-state index in [0.717, 1.165) is 25.0 Å². The number of rotatable bonds is 3. The quantitative estimate of drug-likeness (QED) is 0.842. The van der Waals surface area contributed by atoms with E-state index in [-0.39, 0.29) is 6.04 Å². The Morgan fingerprint density at radius 1 is 1.37 bits per heavy atom. The Morgan fingerprint density at radius 2 is 2.00 bits per heavy atom. The van der Waals surface area contributed by atoms with Gasteiger partial charge in [0.1, 0.15) is 5.82 Å². The molecule has 0 spiro atoms. The summed E-state index contributed by atoms with van der Waals surface area (Å²) in [6.07, 6.45) is -2.85. The molecule has 104 valence electrons. The molecule has 1 amide bonds. The summed E-state index contributed by atoms with van der Waals surface area (Å²) < 4.78 is 51.3. The summed E-state index contributed by atoms with van der Waals surface area (Å²) in [7, 11) is 0. The minimum atomic E-state index is -4.80. The predicted octanol–water partition coefficient (Wildman–Crippen LogP) is 3.37. The SMILES string of the molecule is CC(NC(=O)c1cccc(C(F)(F)F)c1F)C1CC1. The van der Waals surface area contributed by atoms with Gasteiger partial charge in [-0.1, -0.05) is 6.07 Å². The van der Waals surface area contributed by atoms with Crippen LogP contribution in [0.25, 0.3) is 0 Å². The van der Waals surface area contributed by atoms with Crippen molar-refractivity contribution in [2.24, 2.45) is 5.92 Å². The van der Waals surface area contributed by atoms with Crippen molar-refractivity contribution >= 4 is 5.91 Å². The Hall–Kier alpha value is -1.59. The molecule has 2 nitrogen and oxygen atoms in total. The van der Waals surface area contributed by atoms with Gasteiger partial charge < -0.3 is 5.32 Å². The molecule has 6 heteroatoms. The molecule has 1 saturated carbocycles. The average molecular weight is 275 g/mol. The third-order valence-electron chi connectivity index (χ3n) is 3.24. The number of amides is 1. The first kappa shape index (κ1) is 13.8. The molecule has 0 aliphatic heterocycles.